The third-order valence-electron chi connectivity index (χ3n) is 5.65. The zero-order valence-corrected chi connectivity index (χ0v) is 20.3. The van der Waals surface area contributed by atoms with Crippen LogP contribution in [0.5, 0.6) is 5.75 Å². The summed E-state index contributed by atoms with van der Waals surface area (Å²) in [6.07, 6.45) is 2.69. The Bertz CT molecular complexity index is 1080. The van der Waals surface area contributed by atoms with Gasteiger partial charge in [-0.25, -0.2) is 18.4 Å². The molecule has 0 amide bonds. The number of sulfonamides is 1. The Hall–Kier alpha value is -2.81. The van der Waals surface area contributed by atoms with Gasteiger partial charge in [-0.05, 0) is 54.7 Å². The molecule has 0 saturated carbocycles. The number of aliphatic hydroxyl groups is 1. The molecule has 33 heavy (non-hydrogen) atoms. The molecule has 7 nitrogen and oxygen atoms in total. The van der Waals surface area contributed by atoms with Gasteiger partial charge in [0.25, 0.3) is 0 Å². The first-order valence-electron chi connectivity index (χ1n) is 10.9. The molecule has 176 valence electrons. The van der Waals surface area contributed by atoms with Crippen LogP contribution >= 0.6 is 0 Å². The van der Waals surface area contributed by atoms with Crippen molar-refractivity contribution in [3.63, 3.8) is 0 Å². The van der Waals surface area contributed by atoms with E-state index in [1.54, 1.807) is 31.6 Å². The van der Waals surface area contributed by atoms with E-state index in [9.17, 15) is 13.5 Å². The Morgan fingerprint density at radius 1 is 0.939 bits per heavy atom. The van der Waals surface area contributed by atoms with Crippen molar-refractivity contribution in [3.05, 3.63) is 89.0 Å². The van der Waals surface area contributed by atoms with Crippen molar-refractivity contribution in [1.29, 1.82) is 0 Å². The van der Waals surface area contributed by atoms with Crippen LogP contribution in [0.15, 0.2) is 60.9 Å². The van der Waals surface area contributed by atoms with E-state index in [1.807, 2.05) is 43.3 Å². The number of aryl methyl sites for hydroxylation is 2. The van der Waals surface area contributed by atoms with E-state index in [1.165, 1.54) is 16.8 Å². The molecule has 1 aromatic heterocycles. The summed E-state index contributed by atoms with van der Waals surface area (Å²) in [7, 11) is -2.33. The van der Waals surface area contributed by atoms with Gasteiger partial charge in [0.15, 0.2) is 5.82 Å². The predicted octanol–water partition coefficient (Wildman–Crippen LogP) is 3.81. The van der Waals surface area contributed by atoms with E-state index in [2.05, 4.69) is 16.9 Å². The summed E-state index contributed by atoms with van der Waals surface area (Å²) in [6.45, 7) is 5.74. The van der Waals surface area contributed by atoms with Crippen molar-refractivity contribution in [2.45, 2.75) is 51.6 Å². The topological polar surface area (TPSA) is 92.6 Å². The highest BCUT2D eigenvalue weighted by molar-refractivity contribution is 7.89. The molecular weight excluding hydrogens is 438 g/mol. The van der Waals surface area contributed by atoms with E-state index < -0.39 is 21.4 Å². The lowest BCUT2D eigenvalue weighted by atomic mass is 10.1. The monoisotopic (exact) mass is 469 g/mol. The summed E-state index contributed by atoms with van der Waals surface area (Å²) in [6, 6.07) is 15.2. The molecule has 3 rings (SSSR count). The van der Waals surface area contributed by atoms with Gasteiger partial charge < -0.3 is 9.84 Å². The van der Waals surface area contributed by atoms with Crippen molar-refractivity contribution in [2.24, 2.45) is 0 Å². The van der Waals surface area contributed by atoms with Crippen LogP contribution in [-0.4, -0.2) is 40.2 Å². The maximum Gasteiger partial charge on any atom is 0.220 e. The van der Waals surface area contributed by atoms with Gasteiger partial charge in [-0.1, -0.05) is 43.3 Å². The molecule has 0 bridgehead atoms. The van der Waals surface area contributed by atoms with Gasteiger partial charge in [-0.15, -0.1) is 0 Å². The first-order valence-corrected chi connectivity index (χ1v) is 12.4. The Morgan fingerprint density at radius 2 is 1.42 bits per heavy atom. The van der Waals surface area contributed by atoms with Gasteiger partial charge >= 0.3 is 0 Å². The quantitative estimate of drug-likeness (QED) is 0.485. The molecule has 2 atom stereocenters. The number of nitrogens with zero attached hydrogens (tertiary/aromatic N) is 3. The molecule has 0 spiro atoms. The second kappa shape index (κ2) is 10.9. The third-order valence-corrected chi connectivity index (χ3v) is 7.82. The Labute approximate surface area is 196 Å². The van der Waals surface area contributed by atoms with Crippen LogP contribution in [0.25, 0.3) is 0 Å². The largest absolute Gasteiger partial charge is 0.497 e. The molecule has 0 aliphatic heterocycles. The molecular formula is C25H31N3O4S. The number of ether oxygens (including phenoxy) is 1. The number of benzene rings is 2. The van der Waals surface area contributed by atoms with Crippen LogP contribution in [0.3, 0.4) is 0 Å². The molecule has 0 aliphatic rings. The van der Waals surface area contributed by atoms with Crippen LogP contribution in [-0.2, 0) is 29.5 Å². The van der Waals surface area contributed by atoms with E-state index in [0.29, 0.717) is 5.75 Å². The number of methoxy groups -OCH3 is 1. The first-order chi connectivity index (χ1) is 15.7. The summed E-state index contributed by atoms with van der Waals surface area (Å²) in [4.78, 5) is 8.24. The smallest absolute Gasteiger partial charge is 0.220 e. The molecule has 2 aromatic carbocycles. The molecule has 1 heterocycles. The maximum atomic E-state index is 13.7. The summed E-state index contributed by atoms with van der Waals surface area (Å²) in [5, 5.41) is 9.65. The maximum absolute atomic E-state index is 13.7. The average Bonchev–Trinajstić information content (AvgIpc) is 2.84. The molecule has 0 saturated heterocycles. The SMILES string of the molecule is CCc1ccc(CN(Cc2ccc(OC)cc2)S(=O)(=O)[C@H](C)[C@H](O)c2ncc(C)cn2)cc1. The van der Waals surface area contributed by atoms with Crippen molar-refractivity contribution < 1.29 is 18.3 Å². The van der Waals surface area contributed by atoms with Crippen molar-refractivity contribution in [1.82, 2.24) is 14.3 Å². The highest BCUT2D eigenvalue weighted by Crippen LogP contribution is 2.26. The predicted molar refractivity (Wildman–Crippen MR) is 128 cm³/mol. The lowest BCUT2D eigenvalue weighted by Gasteiger charge is -2.28. The molecule has 1 N–H and O–H groups in total. The summed E-state index contributed by atoms with van der Waals surface area (Å²) in [5.74, 6) is 0.789. The van der Waals surface area contributed by atoms with Crippen LogP contribution < -0.4 is 4.74 Å². The minimum absolute atomic E-state index is 0.0911. The van der Waals surface area contributed by atoms with Gasteiger partial charge in [0, 0.05) is 25.5 Å². The van der Waals surface area contributed by atoms with Gasteiger partial charge in [0.1, 0.15) is 17.1 Å². The van der Waals surface area contributed by atoms with Gasteiger partial charge in [0.2, 0.25) is 10.0 Å². The standard InChI is InChI=1S/C25H31N3O4S/c1-5-20-6-8-21(9-7-20)16-28(17-22-10-12-23(32-4)13-11-22)33(30,31)19(3)24(29)25-26-14-18(2)15-27-25/h6-15,19,24,29H,5,16-17H2,1-4H3/t19-,24+/m1/s1. The minimum Gasteiger partial charge on any atom is -0.497 e. The van der Waals surface area contributed by atoms with Crippen LogP contribution in [0.2, 0.25) is 0 Å². The van der Waals surface area contributed by atoms with E-state index in [4.69, 9.17) is 4.74 Å². The normalized spacial score (nSPS) is 13.6. The number of rotatable bonds is 10. The molecule has 0 fully saturated rings. The molecule has 0 radical (unpaired) electrons. The lowest BCUT2D eigenvalue weighted by Crippen LogP contribution is -2.40. The van der Waals surface area contributed by atoms with E-state index in [-0.39, 0.29) is 18.9 Å². The van der Waals surface area contributed by atoms with Crippen molar-refractivity contribution >= 4 is 10.0 Å². The summed E-state index contributed by atoms with van der Waals surface area (Å²) >= 11 is 0. The zero-order valence-electron chi connectivity index (χ0n) is 19.5. The Balaban J connectivity index is 1.91. The Morgan fingerprint density at radius 3 is 1.91 bits per heavy atom. The number of aliphatic hydroxyl groups excluding tert-OH is 1. The lowest BCUT2D eigenvalue weighted by molar-refractivity contribution is 0.162. The fourth-order valence-electron chi connectivity index (χ4n) is 3.42. The zero-order chi connectivity index (χ0) is 24.0. The summed E-state index contributed by atoms with van der Waals surface area (Å²) < 4.78 is 33.9. The highest BCUT2D eigenvalue weighted by atomic mass is 32.2. The molecule has 8 heteroatoms. The fraction of sp³-hybridized carbons (Fsp3) is 0.360. The van der Waals surface area contributed by atoms with Crippen molar-refractivity contribution in [3.8, 4) is 5.75 Å². The number of aromatic nitrogens is 2. The van der Waals surface area contributed by atoms with Crippen LogP contribution in [0.1, 0.15) is 48.0 Å². The average molecular weight is 470 g/mol. The van der Waals surface area contributed by atoms with Gasteiger partial charge in [-0.3, -0.25) is 0 Å². The second-order valence-corrected chi connectivity index (χ2v) is 10.4. The minimum atomic E-state index is -3.91. The van der Waals surface area contributed by atoms with Crippen LogP contribution in [0, 0.1) is 6.92 Å². The van der Waals surface area contributed by atoms with E-state index >= 15 is 0 Å². The first kappa shape index (κ1) is 24.8. The molecule has 0 unspecified atom stereocenters. The van der Waals surface area contributed by atoms with Gasteiger partial charge in [0.05, 0.1) is 7.11 Å². The van der Waals surface area contributed by atoms with Gasteiger partial charge in [-0.2, -0.15) is 4.31 Å². The summed E-state index contributed by atoms with van der Waals surface area (Å²) in [5.41, 5.74) is 3.71. The molecule has 3 aromatic rings. The van der Waals surface area contributed by atoms with Crippen molar-refractivity contribution in [2.75, 3.05) is 7.11 Å². The number of hydrogen-bond acceptors (Lipinski definition) is 6. The van der Waals surface area contributed by atoms with E-state index in [0.717, 1.165) is 23.1 Å². The number of hydrogen-bond donors (Lipinski definition) is 1. The fourth-order valence-corrected chi connectivity index (χ4v) is 4.99. The third kappa shape index (κ3) is 6.16. The second-order valence-electron chi connectivity index (χ2n) is 8.10. The highest BCUT2D eigenvalue weighted by Gasteiger charge is 2.36. The Kier molecular flexibility index (Phi) is 8.18. The van der Waals surface area contributed by atoms with Crippen LogP contribution in [0.4, 0.5) is 0 Å². The molecule has 0 aliphatic carbocycles.